The fourth-order valence-electron chi connectivity index (χ4n) is 2.74. The Kier molecular flexibility index (Phi) is 5.10. The van der Waals surface area contributed by atoms with Gasteiger partial charge in [-0.25, -0.2) is 14.6 Å². The van der Waals surface area contributed by atoms with E-state index < -0.39 is 17.5 Å². The average Bonchev–Trinajstić information content (AvgIpc) is 3.21. The number of hydrogen-bond donors (Lipinski definition) is 2. The van der Waals surface area contributed by atoms with Crippen molar-refractivity contribution in [3.8, 4) is 0 Å². The molecule has 3 aromatic rings. The van der Waals surface area contributed by atoms with Crippen molar-refractivity contribution in [3.63, 3.8) is 0 Å². The number of carbonyl (C=O) groups is 2. The van der Waals surface area contributed by atoms with Crippen LogP contribution < -0.4 is 5.56 Å². The lowest BCUT2D eigenvalue weighted by atomic mass is 10.2. The van der Waals surface area contributed by atoms with Crippen LogP contribution in [0.15, 0.2) is 21.3 Å². The van der Waals surface area contributed by atoms with Crippen molar-refractivity contribution < 1.29 is 29.0 Å². The van der Waals surface area contributed by atoms with Crippen LogP contribution in [0, 0.1) is 6.92 Å². The number of ether oxygens (including phenoxy) is 1. The first-order chi connectivity index (χ1) is 12.8. The van der Waals surface area contributed by atoms with Crippen molar-refractivity contribution in [2.45, 2.75) is 19.9 Å². The maximum atomic E-state index is 13.1. The number of methoxy groups -OCH3 is 1. The van der Waals surface area contributed by atoms with Gasteiger partial charge in [0.05, 0.1) is 18.5 Å². The van der Waals surface area contributed by atoms with Crippen molar-refractivity contribution >= 4 is 33.5 Å². The second-order valence-corrected chi connectivity index (χ2v) is 6.77. The number of hydrogen-bond acceptors (Lipinski definition) is 7. The summed E-state index contributed by atoms with van der Waals surface area (Å²) in [5.41, 5.74) is -0.0432. The molecule has 0 aliphatic rings. The molecule has 0 atom stereocenters. The number of carboxylic acids is 2. The molecule has 3 rings (SSSR count). The SMILES string of the molecule is COCCc1nc2sc(C(=O)O)c(C)c2c(=O)n1Cc1ccc(C(=O)O)o1. The minimum Gasteiger partial charge on any atom is -0.477 e. The van der Waals surface area contributed by atoms with E-state index in [9.17, 15) is 19.5 Å². The lowest BCUT2D eigenvalue weighted by molar-refractivity contribution is 0.0657. The van der Waals surface area contributed by atoms with Crippen LogP contribution >= 0.6 is 11.3 Å². The molecule has 10 heteroatoms. The summed E-state index contributed by atoms with van der Waals surface area (Å²) in [7, 11) is 1.52. The summed E-state index contributed by atoms with van der Waals surface area (Å²) >= 11 is 0.951. The van der Waals surface area contributed by atoms with Gasteiger partial charge in [0.25, 0.3) is 5.56 Å². The molecule has 0 saturated carbocycles. The monoisotopic (exact) mass is 392 g/mol. The summed E-state index contributed by atoms with van der Waals surface area (Å²) in [6.45, 7) is 1.86. The Morgan fingerprint density at radius 2 is 2.04 bits per heavy atom. The molecule has 9 nitrogen and oxygen atoms in total. The summed E-state index contributed by atoms with van der Waals surface area (Å²) in [6.07, 6.45) is 0.327. The van der Waals surface area contributed by atoms with E-state index in [0.29, 0.717) is 29.2 Å². The van der Waals surface area contributed by atoms with Crippen LogP contribution in [0.25, 0.3) is 10.2 Å². The van der Waals surface area contributed by atoms with E-state index in [1.807, 2.05) is 0 Å². The van der Waals surface area contributed by atoms with Gasteiger partial charge in [-0.3, -0.25) is 9.36 Å². The fraction of sp³-hybridized carbons (Fsp3) is 0.294. The third-order valence-corrected chi connectivity index (χ3v) is 5.21. The van der Waals surface area contributed by atoms with Gasteiger partial charge >= 0.3 is 11.9 Å². The zero-order valence-electron chi connectivity index (χ0n) is 14.5. The first-order valence-electron chi connectivity index (χ1n) is 7.90. The van der Waals surface area contributed by atoms with Gasteiger partial charge in [-0.05, 0) is 24.6 Å². The zero-order chi connectivity index (χ0) is 19.7. The van der Waals surface area contributed by atoms with Gasteiger partial charge in [0, 0.05) is 13.5 Å². The Morgan fingerprint density at radius 3 is 2.63 bits per heavy atom. The quantitative estimate of drug-likeness (QED) is 0.624. The van der Waals surface area contributed by atoms with Gasteiger partial charge in [0.2, 0.25) is 5.76 Å². The standard InChI is InChI=1S/C17H16N2O7S/c1-8-12-14(27-13(8)17(23)24)18-11(5-6-25-2)19(15(12)20)7-9-3-4-10(26-9)16(21)22/h3-4H,5-7H2,1-2H3,(H,21,22)(H,23,24). The van der Waals surface area contributed by atoms with Gasteiger partial charge in [-0.1, -0.05) is 0 Å². The largest absolute Gasteiger partial charge is 0.477 e. The normalized spacial score (nSPS) is 11.2. The number of rotatable bonds is 7. The topological polar surface area (TPSA) is 132 Å². The number of aromatic carboxylic acids is 2. The van der Waals surface area contributed by atoms with E-state index in [4.69, 9.17) is 14.3 Å². The number of carboxylic acid groups (broad SMARTS) is 2. The fourth-order valence-corrected chi connectivity index (χ4v) is 3.77. The van der Waals surface area contributed by atoms with Crippen LogP contribution in [0.3, 0.4) is 0 Å². The van der Waals surface area contributed by atoms with Crippen molar-refractivity contribution in [1.29, 1.82) is 0 Å². The van der Waals surface area contributed by atoms with E-state index in [1.54, 1.807) is 6.92 Å². The molecule has 0 aromatic carbocycles. The first-order valence-corrected chi connectivity index (χ1v) is 8.72. The maximum Gasteiger partial charge on any atom is 0.371 e. The van der Waals surface area contributed by atoms with E-state index >= 15 is 0 Å². The maximum absolute atomic E-state index is 13.1. The highest BCUT2D eigenvalue weighted by molar-refractivity contribution is 7.20. The van der Waals surface area contributed by atoms with Crippen LogP contribution in [0.5, 0.6) is 0 Å². The molecule has 0 radical (unpaired) electrons. The number of nitrogens with zero attached hydrogens (tertiary/aromatic N) is 2. The van der Waals surface area contributed by atoms with Gasteiger partial charge in [0.1, 0.15) is 21.3 Å². The molecule has 142 valence electrons. The predicted octanol–water partition coefficient (Wildman–Crippen LogP) is 1.99. The Morgan fingerprint density at radius 1 is 1.30 bits per heavy atom. The van der Waals surface area contributed by atoms with Gasteiger partial charge in [0.15, 0.2) is 0 Å². The molecule has 0 aliphatic carbocycles. The van der Waals surface area contributed by atoms with Gasteiger partial charge in [-0.2, -0.15) is 0 Å². The van der Waals surface area contributed by atoms with Crippen LogP contribution in [0.2, 0.25) is 0 Å². The van der Waals surface area contributed by atoms with E-state index in [-0.39, 0.29) is 28.3 Å². The van der Waals surface area contributed by atoms with Crippen molar-refractivity contribution in [2.24, 2.45) is 0 Å². The van der Waals surface area contributed by atoms with Crippen LogP contribution in [0.4, 0.5) is 0 Å². The Bertz CT molecular complexity index is 1090. The lowest BCUT2D eigenvalue weighted by Gasteiger charge is -2.11. The number of aryl methyl sites for hydroxylation is 1. The minimum absolute atomic E-state index is 0.0220. The summed E-state index contributed by atoms with van der Waals surface area (Å²) in [6, 6.07) is 2.78. The predicted molar refractivity (Wildman–Crippen MR) is 95.9 cm³/mol. The molecule has 27 heavy (non-hydrogen) atoms. The van der Waals surface area contributed by atoms with Crippen molar-refractivity contribution in [3.05, 3.63) is 50.3 Å². The highest BCUT2D eigenvalue weighted by Gasteiger charge is 2.22. The van der Waals surface area contributed by atoms with Crippen LogP contribution in [-0.4, -0.2) is 45.4 Å². The van der Waals surface area contributed by atoms with Gasteiger partial charge < -0.3 is 19.4 Å². The molecular formula is C17H16N2O7S. The molecule has 0 aliphatic heterocycles. The summed E-state index contributed by atoms with van der Waals surface area (Å²) in [5.74, 6) is -1.87. The summed E-state index contributed by atoms with van der Waals surface area (Å²) < 4.78 is 11.7. The molecule has 0 spiro atoms. The Labute approximate surface area is 156 Å². The molecule has 2 N–H and O–H groups in total. The average molecular weight is 392 g/mol. The highest BCUT2D eigenvalue weighted by Crippen LogP contribution is 2.27. The third-order valence-electron chi connectivity index (χ3n) is 4.04. The summed E-state index contributed by atoms with van der Waals surface area (Å²) in [5, 5.41) is 18.5. The van der Waals surface area contributed by atoms with E-state index in [1.165, 1.54) is 23.8 Å². The molecule has 3 aromatic heterocycles. The first kappa shape index (κ1) is 18.8. The molecule has 0 saturated heterocycles. The summed E-state index contributed by atoms with van der Waals surface area (Å²) in [4.78, 5) is 40.3. The van der Waals surface area contributed by atoms with Crippen molar-refractivity contribution in [1.82, 2.24) is 9.55 Å². The van der Waals surface area contributed by atoms with E-state index in [0.717, 1.165) is 11.3 Å². The molecule has 0 bridgehead atoms. The highest BCUT2D eigenvalue weighted by atomic mass is 32.1. The second-order valence-electron chi connectivity index (χ2n) is 5.77. The van der Waals surface area contributed by atoms with Crippen LogP contribution in [-0.2, 0) is 17.7 Å². The smallest absolute Gasteiger partial charge is 0.371 e. The lowest BCUT2D eigenvalue weighted by Crippen LogP contribution is -2.26. The van der Waals surface area contributed by atoms with Crippen molar-refractivity contribution in [2.75, 3.05) is 13.7 Å². The molecular weight excluding hydrogens is 376 g/mol. The van der Waals surface area contributed by atoms with E-state index in [2.05, 4.69) is 4.98 Å². The molecule has 0 unspecified atom stereocenters. The third kappa shape index (κ3) is 3.49. The number of fused-ring (bicyclic) bond motifs is 1. The number of furan rings is 1. The van der Waals surface area contributed by atoms with Gasteiger partial charge in [-0.15, -0.1) is 11.3 Å². The molecule has 0 amide bonds. The Balaban J connectivity index is 2.16. The number of aromatic nitrogens is 2. The Hall–Kier alpha value is -2.98. The van der Waals surface area contributed by atoms with Crippen LogP contribution in [0.1, 0.15) is 37.4 Å². The molecule has 3 heterocycles. The minimum atomic E-state index is -1.21. The molecule has 0 fully saturated rings. The number of thiophene rings is 1. The second kappa shape index (κ2) is 7.33. The zero-order valence-corrected chi connectivity index (χ0v) is 15.3.